The van der Waals surface area contributed by atoms with Crippen LogP contribution >= 0.6 is 0 Å². The molecule has 0 spiro atoms. The van der Waals surface area contributed by atoms with Crippen LogP contribution < -0.4 is 5.73 Å². The van der Waals surface area contributed by atoms with Crippen LogP contribution in [-0.2, 0) is 14.3 Å². The number of nitrogens with two attached hydrogens (primary N) is 1. The highest BCUT2D eigenvalue weighted by Crippen LogP contribution is 2.33. The molecule has 0 aromatic carbocycles. The van der Waals surface area contributed by atoms with E-state index in [1.807, 2.05) is 0 Å². The number of unbranched alkanes of at least 4 members (excludes halogenated alkanes) is 18. The van der Waals surface area contributed by atoms with E-state index in [1.54, 1.807) is 0 Å². The molecule has 5 nitrogen and oxygen atoms in total. The van der Waals surface area contributed by atoms with Gasteiger partial charge in [0, 0.05) is 6.42 Å². The smallest absolute Gasteiger partial charge is 0.323 e. The van der Waals surface area contributed by atoms with E-state index in [0.717, 1.165) is 38.5 Å². The van der Waals surface area contributed by atoms with E-state index in [2.05, 4.69) is 20.8 Å². The summed E-state index contributed by atoms with van der Waals surface area (Å²) in [5.41, 5.74) is 5.65. The average molecular weight is 540 g/mol. The van der Waals surface area contributed by atoms with Gasteiger partial charge in [-0.3, -0.25) is 9.59 Å². The molecule has 0 amide bonds. The molecular weight excluding hydrogens is 474 g/mol. The van der Waals surface area contributed by atoms with Gasteiger partial charge < -0.3 is 15.6 Å². The third-order valence-corrected chi connectivity index (χ3v) is 8.00. The minimum absolute atomic E-state index is 0.101. The summed E-state index contributed by atoms with van der Waals surface area (Å²) in [4.78, 5) is 24.0. The second-order valence-corrected chi connectivity index (χ2v) is 11.8. The van der Waals surface area contributed by atoms with Crippen LogP contribution in [0.1, 0.15) is 188 Å². The number of carboxylic acid groups (broad SMARTS) is 1. The standard InChI is InChI=1S/C33H65NO4/c1-4-7-10-13-16-17-18-21-24-29-33(27-22-19-14-11-8-5-2,28-23-20-15-12-9-6-3)38-32(37)30(34)25-26-31(35)36/h30H,4-29,34H2,1-3H3,(H,35,36)/t30-/m0/s1. The molecule has 0 aliphatic rings. The normalized spacial score (nSPS) is 12.5. The van der Waals surface area contributed by atoms with Gasteiger partial charge in [0.25, 0.3) is 0 Å². The lowest BCUT2D eigenvalue weighted by molar-refractivity contribution is -0.165. The van der Waals surface area contributed by atoms with Gasteiger partial charge in [-0.15, -0.1) is 0 Å². The van der Waals surface area contributed by atoms with Gasteiger partial charge in [0.05, 0.1) is 0 Å². The minimum atomic E-state index is -0.923. The fourth-order valence-electron chi connectivity index (χ4n) is 5.43. The summed E-state index contributed by atoms with van der Waals surface area (Å²) in [7, 11) is 0. The highest BCUT2D eigenvalue weighted by molar-refractivity contribution is 5.77. The molecule has 0 aromatic heterocycles. The van der Waals surface area contributed by atoms with Crippen molar-refractivity contribution in [3.05, 3.63) is 0 Å². The van der Waals surface area contributed by atoms with E-state index in [-0.39, 0.29) is 12.8 Å². The Morgan fingerprint density at radius 1 is 0.605 bits per heavy atom. The van der Waals surface area contributed by atoms with Gasteiger partial charge in [-0.25, -0.2) is 0 Å². The van der Waals surface area contributed by atoms with Crippen LogP contribution in [0.2, 0.25) is 0 Å². The molecule has 0 fully saturated rings. The first kappa shape index (κ1) is 36.9. The van der Waals surface area contributed by atoms with Crippen molar-refractivity contribution >= 4 is 11.9 Å². The van der Waals surface area contributed by atoms with E-state index < -0.39 is 23.6 Å². The molecule has 0 radical (unpaired) electrons. The lowest BCUT2D eigenvalue weighted by Gasteiger charge is -2.35. The van der Waals surface area contributed by atoms with Crippen molar-refractivity contribution in [2.45, 2.75) is 199 Å². The summed E-state index contributed by atoms with van der Waals surface area (Å²) in [6, 6.07) is -0.859. The molecule has 0 bridgehead atoms. The minimum Gasteiger partial charge on any atom is -0.481 e. The van der Waals surface area contributed by atoms with Crippen LogP contribution in [0.4, 0.5) is 0 Å². The zero-order valence-electron chi connectivity index (χ0n) is 25.7. The lowest BCUT2D eigenvalue weighted by Crippen LogP contribution is -2.42. The SMILES string of the molecule is CCCCCCCCCCCC(CCCCCCCC)(CCCCCCCC)OC(=O)[C@@H](N)CCC(=O)O. The second kappa shape index (κ2) is 26.1. The van der Waals surface area contributed by atoms with Gasteiger partial charge in [-0.2, -0.15) is 0 Å². The summed E-state index contributed by atoms with van der Waals surface area (Å²) in [5, 5.41) is 9.03. The number of ether oxygens (including phenoxy) is 1. The molecule has 0 saturated heterocycles. The first-order valence-corrected chi connectivity index (χ1v) is 16.6. The quantitative estimate of drug-likeness (QED) is 0.0729. The van der Waals surface area contributed by atoms with E-state index in [4.69, 9.17) is 15.6 Å². The summed E-state index contributed by atoms with van der Waals surface area (Å²) in [6.45, 7) is 6.74. The highest BCUT2D eigenvalue weighted by Gasteiger charge is 2.34. The van der Waals surface area contributed by atoms with Gasteiger partial charge in [0.2, 0.25) is 0 Å². The first-order chi connectivity index (χ1) is 18.4. The molecule has 1 atom stereocenters. The van der Waals surface area contributed by atoms with Crippen LogP contribution in [0.15, 0.2) is 0 Å². The topological polar surface area (TPSA) is 89.6 Å². The molecule has 0 heterocycles. The fraction of sp³-hybridized carbons (Fsp3) is 0.939. The number of carbonyl (C=O) groups excluding carboxylic acids is 1. The Morgan fingerprint density at radius 2 is 0.921 bits per heavy atom. The summed E-state index contributed by atoms with van der Waals surface area (Å²) < 4.78 is 6.30. The van der Waals surface area contributed by atoms with Gasteiger partial charge in [-0.05, 0) is 44.9 Å². The average Bonchev–Trinajstić information content (AvgIpc) is 2.90. The molecule has 0 rings (SSSR count). The molecule has 0 unspecified atom stereocenters. The number of carboxylic acids is 1. The largest absolute Gasteiger partial charge is 0.481 e. The molecule has 0 aromatic rings. The van der Waals surface area contributed by atoms with E-state index in [9.17, 15) is 9.59 Å². The van der Waals surface area contributed by atoms with Crippen molar-refractivity contribution in [2.24, 2.45) is 5.73 Å². The van der Waals surface area contributed by atoms with Crippen molar-refractivity contribution < 1.29 is 19.4 Å². The second-order valence-electron chi connectivity index (χ2n) is 11.8. The van der Waals surface area contributed by atoms with Gasteiger partial charge >= 0.3 is 11.9 Å². The maximum Gasteiger partial charge on any atom is 0.323 e. The number of rotatable bonds is 29. The van der Waals surface area contributed by atoms with Crippen LogP contribution in [0.25, 0.3) is 0 Å². The van der Waals surface area contributed by atoms with Crippen molar-refractivity contribution in [1.82, 2.24) is 0 Å². The molecule has 0 aliphatic heterocycles. The van der Waals surface area contributed by atoms with Crippen molar-refractivity contribution in [2.75, 3.05) is 0 Å². The van der Waals surface area contributed by atoms with Crippen molar-refractivity contribution in [3.63, 3.8) is 0 Å². The van der Waals surface area contributed by atoms with Crippen molar-refractivity contribution in [1.29, 1.82) is 0 Å². The van der Waals surface area contributed by atoms with Crippen molar-refractivity contribution in [3.8, 4) is 0 Å². The summed E-state index contributed by atoms with van der Waals surface area (Å²) >= 11 is 0. The molecular formula is C33H65NO4. The van der Waals surface area contributed by atoms with Crippen LogP contribution in [0.5, 0.6) is 0 Å². The van der Waals surface area contributed by atoms with E-state index in [1.165, 1.54) is 116 Å². The molecule has 0 aliphatic carbocycles. The summed E-state index contributed by atoms with van der Waals surface area (Å²) in [5.74, 6) is -1.33. The highest BCUT2D eigenvalue weighted by atomic mass is 16.6. The zero-order valence-corrected chi connectivity index (χ0v) is 25.7. The number of esters is 1. The Balaban J connectivity index is 5.11. The van der Waals surface area contributed by atoms with Gasteiger partial charge in [0.1, 0.15) is 11.6 Å². The van der Waals surface area contributed by atoms with E-state index >= 15 is 0 Å². The number of carbonyl (C=O) groups is 2. The van der Waals surface area contributed by atoms with Crippen LogP contribution in [-0.4, -0.2) is 28.7 Å². The number of hydrogen-bond donors (Lipinski definition) is 2. The molecule has 38 heavy (non-hydrogen) atoms. The third kappa shape index (κ3) is 21.8. The summed E-state index contributed by atoms with van der Waals surface area (Å²) in [6.07, 6.45) is 28.8. The first-order valence-electron chi connectivity index (χ1n) is 16.6. The van der Waals surface area contributed by atoms with Crippen LogP contribution in [0.3, 0.4) is 0 Å². The molecule has 0 saturated carbocycles. The number of aliphatic carboxylic acids is 1. The Labute approximate surface area is 236 Å². The monoisotopic (exact) mass is 539 g/mol. The predicted molar refractivity (Wildman–Crippen MR) is 161 cm³/mol. The fourth-order valence-corrected chi connectivity index (χ4v) is 5.43. The maximum atomic E-state index is 13.0. The molecule has 3 N–H and O–H groups in total. The van der Waals surface area contributed by atoms with Gasteiger partial charge in [0.15, 0.2) is 0 Å². The zero-order chi connectivity index (χ0) is 28.3. The molecule has 226 valence electrons. The van der Waals surface area contributed by atoms with Crippen LogP contribution in [0, 0.1) is 0 Å². The Morgan fingerprint density at radius 3 is 1.24 bits per heavy atom. The lowest BCUT2D eigenvalue weighted by atomic mass is 9.84. The van der Waals surface area contributed by atoms with E-state index in [0.29, 0.717) is 0 Å². The number of hydrogen-bond acceptors (Lipinski definition) is 4. The Bertz CT molecular complexity index is 535. The Kier molecular flexibility index (Phi) is 25.4. The Hall–Kier alpha value is -1.10. The third-order valence-electron chi connectivity index (χ3n) is 8.00. The maximum absolute atomic E-state index is 13.0. The predicted octanol–water partition coefficient (Wildman–Crippen LogP) is 9.88. The molecule has 5 heteroatoms. The van der Waals surface area contributed by atoms with Gasteiger partial charge in [-0.1, -0.05) is 136 Å².